The molecule has 0 saturated carbocycles. The fourth-order valence-electron chi connectivity index (χ4n) is 1.44. The Kier molecular flexibility index (Phi) is 4.56. The van der Waals surface area contributed by atoms with Crippen molar-refractivity contribution in [3.8, 4) is 11.4 Å². The first-order valence-electron chi connectivity index (χ1n) is 5.08. The third-order valence-electron chi connectivity index (χ3n) is 2.29. The third-order valence-corrected chi connectivity index (χ3v) is 4.05. The topological polar surface area (TPSA) is 35.0 Å². The van der Waals surface area contributed by atoms with Crippen molar-refractivity contribution in [3.05, 3.63) is 44.6 Å². The van der Waals surface area contributed by atoms with Crippen molar-refractivity contribution in [2.45, 2.75) is 6.61 Å². The highest BCUT2D eigenvalue weighted by atomic mass is 79.9. The van der Waals surface area contributed by atoms with Gasteiger partial charge < -0.3 is 4.74 Å². The molecule has 0 aliphatic rings. The number of halogens is 3. The molecule has 0 atom stereocenters. The average Bonchev–Trinajstić information content (AvgIpc) is 2.37. The van der Waals surface area contributed by atoms with Crippen LogP contribution in [0.25, 0.3) is 11.4 Å². The summed E-state index contributed by atoms with van der Waals surface area (Å²) in [5.74, 6) is 0.497. The molecule has 1 aromatic heterocycles. The SMILES string of the molecule is COCc1ccc(-c2nc(Cl)c(Br)c(Cl)n2)cc1. The van der Waals surface area contributed by atoms with Gasteiger partial charge >= 0.3 is 0 Å². The molecule has 3 nitrogen and oxygen atoms in total. The molecule has 0 aliphatic heterocycles. The van der Waals surface area contributed by atoms with Crippen LogP contribution in [0.5, 0.6) is 0 Å². The second-order valence-corrected chi connectivity index (χ2v) is 5.08. The maximum Gasteiger partial charge on any atom is 0.162 e. The zero-order valence-corrected chi connectivity index (χ0v) is 12.6. The lowest BCUT2D eigenvalue weighted by atomic mass is 10.1. The molecule has 0 amide bonds. The van der Waals surface area contributed by atoms with Crippen LogP contribution in [-0.2, 0) is 11.3 Å². The number of aromatic nitrogens is 2. The van der Waals surface area contributed by atoms with Crippen LogP contribution in [0.1, 0.15) is 5.56 Å². The molecule has 2 aromatic rings. The summed E-state index contributed by atoms with van der Waals surface area (Å²) < 4.78 is 5.55. The molecule has 0 N–H and O–H groups in total. The van der Waals surface area contributed by atoms with Crippen molar-refractivity contribution in [2.75, 3.05) is 7.11 Å². The lowest BCUT2D eigenvalue weighted by Gasteiger charge is -2.05. The van der Waals surface area contributed by atoms with Gasteiger partial charge in [-0.3, -0.25) is 0 Å². The molecular weight excluding hydrogens is 339 g/mol. The van der Waals surface area contributed by atoms with Gasteiger partial charge in [0, 0.05) is 12.7 Å². The summed E-state index contributed by atoms with van der Waals surface area (Å²) in [5.41, 5.74) is 1.93. The first-order valence-corrected chi connectivity index (χ1v) is 6.63. The van der Waals surface area contributed by atoms with Gasteiger partial charge in [-0.1, -0.05) is 47.5 Å². The van der Waals surface area contributed by atoms with Gasteiger partial charge in [0.15, 0.2) is 5.82 Å². The Labute approximate surface area is 123 Å². The first-order chi connectivity index (χ1) is 8.61. The van der Waals surface area contributed by atoms with Gasteiger partial charge in [0.25, 0.3) is 0 Å². The summed E-state index contributed by atoms with van der Waals surface area (Å²) >= 11 is 15.1. The summed E-state index contributed by atoms with van der Waals surface area (Å²) in [5, 5.41) is 0.594. The van der Waals surface area contributed by atoms with Gasteiger partial charge in [0.1, 0.15) is 10.3 Å². The molecule has 18 heavy (non-hydrogen) atoms. The highest BCUT2D eigenvalue weighted by Gasteiger charge is 2.10. The van der Waals surface area contributed by atoms with Crippen LogP contribution < -0.4 is 0 Å². The zero-order valence-electron chi connectivity index (χ0n) is 9.45. The molecule has 0 aliphatic carbocycles. The maximum atomic E-state index is 5.95. The van der Waals surface area contributed by atoms with E-state index in [-0.39, 0.29) is 0 Å². The second kappa shape index (κ2) is 5.97. The average molecular weight is 348 g/mol. The van der Waals surface area contributed by atoms with Crippen molar-refractivity contribution < 1.29 is 4.74 Å². The van der Waals surface area contributed by atoms with Crippen LogP contribution in [0, 0.1) is 0 Å². The predicted octanol–water partition coefficient (Wildman–Crippen LogP) is 4.36. The van der Waals surface area contributed by atoms with Crippen LogP contribution >= 0.6 is 39.1 Å². The van der Waals surface area contributed by atoms with E-state index in [0.717, 1.165) is 11.1 Å². The largest absolute Gasteiger partial charge is 0.380 e. The Balaban J connectivity index is 2.36. The van der Waals surface area contributed by atoms with Crippen LogP contribution in [0.3, 0.4) is 0 Å². The normalized spacial score (nSPS) is 10.7. The van der Waals surface area contributed by atoms with Gasteiger partial charge in [0.2, 0.25) is 0 Å². The molecule has 0 radical (unpaired) electrons. The van der Waals surface area contributed by atoms with E-state index >= 15 is 0 Å². The Morgan fingerprint density at radius 3 is 2.17 bits per heavy atom. The molecule has 0 saturated heterocycles. The summed E-state index contributed by atoms with van der Waals surface area (Å²) in [6, 6.07) is 7.71. The monoisotopic (exact) mass is 346 g/mol. The number of nitrogens with zero attached hydrogens (tertiary/aromatic N) is 2. The predicted molar refractivity (Wildman–Crippen MR) is 75.9 cm³/mol. The Bertz CT molecular complexity index is 537. The minimum absolute atomic E-state index is 0.297. The zero-order chi connectivity index (χ0) is 13.1. The van der Waals surface area contributed by atoms with Crippen LogP contribution in [-0.4, -0.2) is 17.1 Å². The van der Waals surface area contributed by atoms with Crippen LogP contribution in [0.4, 0.5) is 0 Å². The van der Waals surface area contributed by atoms with E-state index in [1.165, 1.54) is 0 Å². The molecule has 6 heteroatoms. The van der Waals surface area contributed by atoms with E-state index < -0.39 is 0 Å². The van der Waals surface area contributed by atoms with Crippen LogP contribution in [0.15, 0.2) is 28.7 Å². The second-order valence-electron chi connectivity index (χ2n) is 3.57. The van der Waals surface area contributed by atoms with Crippen LogP contribution in [0.2, 0.25) is 10.3 Å². The fourth-order valence-corrected chi connectivity index (χ4v) is 2.00. The van der Waals surface area contributed by atoms with E-state index in [4.69, 9.17) is 27.9 Å². The molecule has 0 fully saturated rings. The van der Waals surface area contributed by atoms with Crippen molar-refractivity contribution in [1.29, 1.82) is 0 Å². The lowest BCUT2D eigenvalue weighted by molar-refractivity contribution is 0.185. The molecule has 0 spiro atoms. The minimum Gasteiger partial charge on any atom is -0.380 e. The molecule has 1 aromatic carbocycles. The summed E-state index contributed by atoms with van der Waals surface area (Å²) in [6.45, 7) is 0.572. The number of ether oxygens (including phenoxy) is 1. The van der Waals surface area contributed by atoms with Gasteiger partial charge in [-0.15, -0.1) is 0 Å². The van der Waals surface area contributed by atoms with Crippen molar-refractivity contribution >= 4 is 39.1 Å². The van der Waals surface area contributed by atoms with Gasteiger partial charge in [-0.05, 0) is 21.5 Å². The summed E-state index contributed by atoms with van der Waals surface area (Å²) in [6.07, 6.45) is 0. The van der Waals surface area contributed by atoms with Crippen molar-refractivity contribution in [3.63, 3.8) is 0 Å². The number of methoxy groups -OCH3 is 1. The van der Waals surface area contributed by atoms with Gasteiger partial charge in [0.05, 0.1) is 11.1 Å². The number of rotatable bonds is 3. The number of benzene rings is 1. The minimum atomic E-state index is 0.297. The maximum absolute atomic E-state index is 5.95. The number of hydrogen-bond acceptors (Lipinski definition) is 3. The highest BCUT2D eigenvalue weighted by Crippen LogP contribution is 2.29. The summed E-state index contributed by atoms with van der Waals surface area (Å²) in [7, 11) is 1.66. The van der Waals surface area contributed by atoms with E-state index in [0.29, 0.717) is 27.2 Å². The summed E-state index contributed by atoms with van der Waals surface area (Å²) in [4.78, 5) is 8.34. The molecular formula is C12H9BrCl2N2O. The third kappa shape index (κ3) is 3.01. The van der Waals surface area contributed by atoms with E-state index in [2.05, 4.69) is 25.9 Å². The molecule has 2 rings (SSSR count). The fraction of sp³-hybridized carbons (Fsp3) is 0.167. The lowest BCUT2D eigenvalue weighted by Crippen LogP contribution is -1.93. The van der Waals surface area contributed by atoms with Gasteiger partial charge in [-0.2, -0.15) is 0 Å². The first kappa shape index (κ1) is 13.7. The Morgan fingerprint density at radius 2 is 1.67 bits per heavy atom. The van der Waals surface area contributed by atoms with E-state index in [1.807, 2.05) is 24.3 Å². The van der Waals surface area contributed by atoms with E-state index in [9.17, 15) is 0 Å². The van der Waals surface area contributed by atoms with Crippen molar-refractivity contribution in [2.24, 2.45) is 0 Å². The standard InChI is InChI=1S/C12H9BrCl2N2O/c1-18-6-7-2-4-8(5-3-7)12-16-10(14)9(13)11(15)17-12/h2-5H,6H2,1H3. The molecule has 94 valence electrons. The molecule has 1 heterocycles. The Hall–Kier alpha value is -0.680. The Morgan fingerprint density at radius 1 is 1.11 bits per heavy atom. The van der Waals surface area contributed by atoms with E-state index in [1.54, 1.807) is 7.11 Å². The smallest absolute Gasteiger partial charge is 0.162 e. The van der Waals surface area contributed by atoms with Crippen molar-refractivity contribution in [1.82, 2.24) is 9.97 Å². The molecule has 0 bridgehead atoms. The van der Waals surface area contributed by atoms with Gasteiger partial charge in [-0.25, -0.2) is 9.97 Å². The highest BCUT2D eigenvalue weighted by molar-refractivity contribution is 9.10. The quantitative estimate of drug-likeness (QED) is 0.774. The number of hydrogen-bond donors (Lipinski definition) is 0. The molecule has 0 unspecified atom stereocenters.